The Kier molecular flexibility index (Phi) is 4.71. The molecule has 0 bridgehead atoms. The summed E-state index contributed by atoms with van der Waals surface area (Å²) >= 11 is 3.40. The molecule has 0 spiro atoms. The Hall–Kier alpha value is -2.54. The van der Waals surface area contributed by atoms with Gasteiger partial charge in [0.2, 0.25) is 5.95 Å². The average Bonchev–Trinajstić information content (AvgIpc) is 2.50. The Morgan fingerprint density at radius 1 is 0.875 bits per heavy atom. The summed E-state index contributed by atoms with van der Waals surface area (Å²) in [6, 6.07) is 12.9. The molecule has 0 radical (unpaired) electrons. The summed E-state index contributed by atoms with van der Waals surface area (Å²) in [6.07, 6.45) is 0. The minimum atomic E-state index is -0.918. The van der Waals surface area contributed by atoms with Crippen molar-refractivity contribution >= 4 is 39.1 Å². The zero-order chi connectivity index (χ0) is 17.1. The molecule has 0 unspecified atom stereocenters. The fraction of sp³-hybridized carbons (Fsp3) is 0.0588. The molecular weight excluding hydrogens is 378 g/mol. The topological polar surface area (TPSA) is 49.8 Å². The third kappa shape index (κ3) is 4.05. The monoisotopic (exact) mass is 390 g/mol. The summed E-state index contributed by atoms with van der Waals surface area (Å²) in [4.78, 5) is 8.66. The van der Waals surface area contributed by atoms with Gasteiger partial charge in [0.1, 0.15) is 5.82 Å². The van der Waals surface area contributed by atoms with Crippen molar-refractivity contribution in [2.45, 2.75) is 6.92 Å². The van der Waals surface area contributed by atoms with E-state index in [9.17, 15) is 8.78 Å². The van der Waals surface area contributed by atoms with Crippen LogP contribution in [0.15, 0.2) is 53.0 Å². The quantitative estimate of drug-likeness (QED) is 0.633. The van der Waals surface area contributed by atoms with Crippen molar-refractivity contribution < 1.29 is 8.78 Å². The van der Waals surface area contributed by atoms with Gasteiger partial charge in [-0.05, 0) is 37.3 Å². The van der Waals surface area contributed by atoms with E-state index in [1.165, 1.54) is 6.07 Å². The molecule has 0 aliphatic carbocycles. The van der Waals surface area contributed by atoms with Crippen molar-refractivity contribution in [3.8, 4) is 0 Å². The molecule has 0 saturated heterocycles. The van der Waals surface area contributed by atoms with Crippen molar-refractivity contribution in [2.24, 2.45) is 0 Å². The van der Waals surface area contributed by atoms with Crippen molar-refractivity contribution in [3.05, 3.63) is 70.3 Å². The lowest BCUT2D eigenvalue weighted by Gasteiger charge is -2.10. The Labute approximate surface area is 146 Å². The van der Waals surface area contributed by atoms with Crippen molar-refractivity contribution in [1.82, 2.24) is 9.97 Å². The lowest BCUT2D eigenvalue weighted by atomic mass is 10.3. The minimum absolute atomic E-state index is 0.401. The van der Waals surface area contributed by atoms with Crippen LogP contribution in [0.5, 0.6) is 0 Å². The van der Waals surface area contributed by atoms with E-state index < -0.39 is 11.6 Å². The number of benzene rings is 2. The zero-order valence-electron chi connectivity index (χ0n) is 12.6. The third-order valence-electron chi connectivity index (χ3n) is 3.13. The van der Waals surface area contributed by atoms with Crippen LogP contribution in [-0.4, -0.2) is 9.97 Å². The molecule has 0 fully saturated rings. The average molecular weight is 391 g/mol. The maximum absolute atomic E-state index is 13.3. The molecule has 1 heterocycles. The summed E-state index contributed by atoms with van der Waals surface area (Å²) in [5, 5.41) is 6.05. The van der Waals surface area contributed by atoms with Gasteiger partial charge in [0.25, 0.3) is 0 Å². The second-order valence-corrected chi connectivity index (χ2v) is 6.02. The number of nitrogens with one attached hydrogen (secondary N) is 2. The number of hydrogen-bond donors (Lipinski definition) is 2. The highest BCUT2D eigenvalue weighted by atomic mass is 79.9. The summed E-state index contributed by atoms with van der Waals surface area (Å²) < 4.78 is 27.2. The fourth-order valence-electron chi connectivity index (χ4n) is 2.11. The first-order chi connectivity index (χ1) is 11.5. The molecular formula is C17H13BrF2N4. The van der Waals surface area contributed by atoms with Crippen LogP contribution in [-0.2, 0) is 0 Å². The zero-order valence-corrected chi connectivity index (χ0v) is 14.2. The maximum Gasteiger partial charge on any atom is 0.229 e. The van der Waals surface area contributed by atoms with Gasteiger partial charge in [-0.25, -0.2) is 13.8 Å². The summed E-state index contributed by atoms with van der Waals surface area (Å²) in [5.41, 5.74) is 1.96. The number of aryl methyl sites for hydroxylation is 1. The van der Waals surface area contributed by atoms with E-state index in [-0.39, 0.29) is 0 Å². The largest absolute Gasteiger partial charge is 0.340 e. The van der Waals surface area contributed by atoms with Gasteiger partial charge in [0.15, 0.2) is 11.6 Å². The smallest absolute Gasteiger partial charge is 0.229 e. The number of anilines is 4. The SMILES string of the molecule is Cc1cc(Nc2ccc(F)c(F)c2)nc(Nc2cccc(Br)c2)n1. The summed E-state index contributed by atoms with van der Waals surface area (Å²) in [7, 11) is 0. The molecule has 0 saturated carbocycles. The van der Waals surface area contributed by atoms with E-state index in [0.29, 0.717) is 17.5 Å². The van der Waals surface area contributed by atoms with Crippen molar-refractivity contribution in [2.75, 3.05) is 10.6 Å². The molecule has 4 nitrogen and oxygen atoms in total. The molecule has 3 aromatic rings. The van der Waals surface area contributed by atoms with Gasteiger partial charge in [-0.2, -0.15) is 4.98 Å². The normalized spacial score (nSPS) is 10.5. The molecule has 0 atom stereocenters. The molecule has 3 rings (SSSR count). The first kappa shape index (κ1) is 16.3. The maximum atomic E-state index is 13.3. The standard InChI is InChI=1S/C17H13BrF2N4/c1-10-7-16(22-13-5-6-14(19)15(20)9-13)24-17(21-10)23-12-4-2-3-11(18)8-12/h2-9H,1H3,(H2,21,22,23,24). The molecule has 1 aromatic heterocycles. The highest BCUT2D eigenvalue weighted by molar-refractivity contribution is 9.10. The van der Waals surface area contributed by atoms with Crippen LogP contribution in [0.2, 0.25) is 0 Å². The van der Waals surface area contributed by atoms with Gasteiger partial charge in [0, 0.05) is 33.7 Å². The number of rotatable bonds is 4. The van der Waals surface area contributed by atoms with Gasteiger partial charge >= 0.3 is 0 Å². The van der Waals surface area contributed by atoms with Gasteiger partial charge < -0.3 is 10.6 Å². The number of halogens is 3. The van der Waals surface area contributed by atoms with Crippen LogP contribution >= 0.6 is 15.9 Å². The summed E-state index contributed by atoms with van der Waals surface area (Å²) in [5.74, 6) is -0.932. The summed E-state index contributed by atoms with van der Waals surface area (Å²) in [6.45, 7) is 1.82. The van der Waals surface area contributed by atoms with Crippen LogP contribution in [0, 0.1) is 18.6 Å². The first-order valence-corrected chi connectivity index (χ1v) is 7.89. The molecule has 0 amide bonds. The van der Waals surface area contributed by atoms with Crippen molar-refractivity contribution in [1.29, 1.82) is 0 Å². The van der Waals surface area contributed by atoms with Crippen LogP contribution in [0.4, 0.5) is 31.9 Å². The van der Waals surface area contributed by atoms with Gasteiger partial charge in [-0.3, -0.25) is 0 Å². The molecule has 2 aromatic carbocycles. The van der Waals surface area contributed by atoms with E-state index in [1.54, 1.807) is 6.07 Å². The molecule has 24 heavy (non-hydrogen) atoms. The van der Waals surface area contributed by atoms with E-state index in [2.05, 4.69) is 36.5 Å². The minimum Gasteiger partial charge on any atom is -0.340 e. The molecule has 122 valence electrons. The predicted octanol–water partition coefficient (Wildman–Crippen LogP) is 5.31. The molecule has 0 aliphatic rings. The van der Waals surface area contributed by atoms with Gasteiger partial charge in [-0.15, -0.1) is 0 Å². The van der Waals surface area contributed by atoms with E-state index in [4.69, 9.17) is 0 Å². The Balaban J connectivity index is 1.84. The van der Waals surface area contributed by atoms with Crippen LogP contribution in [0.3, 0.4) is 0 Å². The second kappa shape index (κ2) is 6.92. The number of hydrogen-bond acceptors (Lipinski definition) is 4. The highest BCUT2D eigenvalue weighted by Gasteiger charge is 2.06. The fourth-order valence-corrected chi connectivity index (χ4v) is 2.50. The number of aromatic nitrogens is 2. The van der Waals surface area contributed by atoms with Crippen molar-refractivity contribution in [3.63, 3.8) is 0 Å². The first-order valence-electron chi connectivity index (χ1n) is 7.10. The van der Waals surface area contributed by atoms with E-state index >= 15 is 0 Å². The van der Waals surface area contributed by atoms with E-state index in [1.807, 2.05) is 31.2 Å². The molecule has 2 N–H and O–H groups in total. The van der Waals surface area contributed by atoms with Gasteiger partial charge in [0.05, 0.1) is 0 Å². The lowest BCUT2D eigenvalue weighted by Crippen LogP contribution is -2.02. The van der Waals surface area contributed by atoms with Gasteiger partial charge in [-0.1, -0.05) is 22.0 Å². The Morgan fingerprint density at radius 2 is 1.67 bits per heavy atom. The third-order valence-corrected chi connectivity index (χ3v) is 3.62. The van der Waals surface area contributed by atoms with Crippen LogP contribution in [0.1, 0.15) is 5.69 Å². The predicted molar refractivity (Wildman–Crippen MR) is 93.8 cm³/mol. The lowest BCUT2D eigenvalue weighted by molar-refractivity contribution is 0.509. The highest BCUT2D eigenvalue weighted by Crippen LogP contribution is 2.22. The Bertz CT molecular complexity index is 886. The number of nitrogens with zero attached hydrogens (tertiary/aromatic N) is 2. The van der Waals surface area contributed by atoms with Crippen LogP contribution in [0.25, 0.3) is 0 Å². The molecule has 7 heteroatoms. The Morgan fingerprint density at radius 3 is 2.42 bits per heavy atom. The molecule has 0 aliphatic heterocycles. The second-order valence-electron chi connectivity index (χ2n) is 5.11. The van der Waals surface area contributed by atoms with E-state index in [0.717, 1.165) is 28.0 Å². The van der Waals surface area contributed by atoms with Crippen LogP contribution < -0.4 is 10.6 Å².